The summed E-state index contributed by atoms with van der Waals surface area (Å²) >= 11 is 0. The van der Waals surface area contributed by atoms with E-state index in [2.05, 4.69) is 36.2 Å². The Kier molecular flexibility index (Phi) is 8.10. The smallest absolute Gasteiger partial charge is 0.386 e. The van der Waals surface area contributed by atoms with Crippen LogP contribution in [0.4, 0.5) is 0 Å². The summed E-state index contributed by atoms with van der Waals surface area (Å²) in [5, 5.41) is 6.45. The molecular weight excluding hydrogens is 452 g/mol. The van der Waals surface area contributed by atoms with Gasteiger partial charge in [0.15, 0.2) is 6.04 Å². The van der Waals surface area contributed by atoms with Gasteiger partial charge in [-0.05, 0) is 61.8 Å². The summed E-state index contributed by atoms with van der Waals surface area (Å²) in [6, 6.07) is 3.42. The molecule has 0 spiro atoms. The molecule has 0 radical (unpaired) electrons. The molecule has 2 aromatic rings. The fourth-order valence-electron chi connectivity index (χ4n) is 5.58. The van der Waals surface area contributed by atoms with E-state index < -0.39 is 22.0 Å². The average Bonchev–Trinajstić information content (AvgIpc) is 3.20. The lowest BCUT2D eigenvalue weighted by Crippen LogP contribution is -2.57. The van der Waals surface area contributed by atoms with E-state index in [0.29, 0.717) is 19.0 Å². The number of aromatic amines is 1. The minimum Gasteiger partial charge on any atom is -0.386 e. The molecule has 1 fully saturated rings. The third kappa shape index (κ3) is 5.02. The van der Waals surface area contributed by atoms with Crippen molar-refractivity contribution < 1.29 is 16.7 Å². The van der Waals surface area contributed by atoms with Gasteiger partial charge in [-0.1, -0.05) is 45.2 Å². The number of likely N-dealkylation sites (N-methyl/N-ethyl adjacent to an activating group) is 1. The second kappa shape index (κ2) is 10.3. The Morgan fingerprint density at radius 2 is 1.79 bits per heavy atom. The molecule has 34 heavy (non-hydrogen) atoms. The summed E-state index contributed by atoms with van der Waals surface area (Å²) in [7, 11) is -0.399. The number of aryl methyl sites for hydroxylation is 2. The van der Waals surface area contributed by atoms with E-state index in [-0.39, 0.29) is 15.7 Å². The first kappa shape index (κ1) is 26.6. The number of aromatic nitrogens is 2. The number of quaternary nitrogens is 1. The number of unbranched alkanes of at least 4 members (excludes halogenated alkanes) is 1. The summed E-state index contributed by atoms with van der Waals surface area (Å²) in [6.45, 7) is 11.4. The van der Waals surface area contributed by atoms with Crippen LogP contribution in [0.3, 0.4) is 0 Å². The molecule has 0 bridgehead atoms. The van der Waals surface area contributed by atoms with Gasteiger partial charge in [0, 0.05) is 19.0 Å². The highest BCUT2D eigenvalue weighted by Crippen LogP contribution is 2.43. The Bertz CT molecular complexity index is 1140. The lowest BCUT2D eigenvalue weighted by atomic mass is 9.84. The topological polar surface area (TPSA) is 96.3 Å². The van der Waals surface area contributed by atoms with Gasteiger partial charge < -0.3 is 4.42 Å². The molecule has 1 saturated heterocycles. The van der Waals surface area contributed by atoms with Gasteiger partial charge >= 0.3 is 16.0 Å². The number of hydrogen-bond donors (Lipinski definition) is 1. The van der Waals surface area contributed by atoms with Gasteiger partial charge in [-0.3, -0.25) is 0 Å². The van der Waals surface area contributed by atoms with Crippen LogP contribution in [-0.4, -0.2) is 54.0 Å². The zero-order valence-corrected chi connectivity index (χ0v) is 22.5. The van der Waals surface area contributed by atoms with Crippen LogP contribution in [0.1, 0.15) is 86.1 Å². The van der Waals surface area contributed by atoms with Crippen molar-refractivity contribution in [2.75, 3.05) is 27.2 Å². The van der Waals surface area contributed by atoms with Crippen LogP contribution >= 0.6 is 0 Å². The van der Waals surface area contributed by atoms with Crippen molar-refractivity contribution in [3.05, 3.63) is 50.8 Å². The van der Waals surface area contributed by atoms with Gasteiger partial charge in [-0.15, -0.1) is 5.10 Å². The summed E-state index contributed by atoms with van der Waals surface area (Å²) < 4.78 is 34.8. The highest BCUT2D eigenvalue weighted by Gasteiger charge is 2.51. The molecule has 1 aliphatic heterocycles. The van der Waals surface area contributed by atoms with Crippen molar-refractivity contribution in [3.8, 4) is 0 Å². The van der Waals surface area contributed by atoms with Gasteiger partial charge in [0.1, 0.15) is 0 Å². The maximum Gasteiger partial charge on any atom is 0.434 e. The van der Waals surface area contributed by atoms with Gasteiger partial charge in [-0.2, -0.15) is 16.6 Å². The molecule has 1 N–H and O–H groups in total. The van der Waals surface area contributed by atoms with Crippen LogP contribution in [0.25, 0.3) is 0 Å². The fourth-order valence-corrected chi connectivity index (χ4v) is 7.41. The zero-order chi connectivity index (χ0) is 25.3. The van der Waals surface area contributed by atoms with Gasteiger partial charge in [0.2, 0.25) is 0 Å². The average molecular weight is 494 g/mol. The van der Waals surface area contributed by atoms with Gasteiger partial charge in [-0.25, -0.2) is 9.89 Å². The summed E-state index contributed by atoms with van der Waals surface area (Å²) in [4.78, 5) is 11.9. The highest BCUT2D eigenvalue weighted by molar-refractivity contribution is 7.83. The van der Waals surface area contributed by atoms with Crippen LogP contribution in [0, 0.1) is 26.7 Å². The molecule has 9 heteroatoms. The van der Waals surface area contributed by atoms with Crippen molar-refractivity contribution in [2.24, 2.45) is 5.92 Å². The Morgan fingerprint density at radius 1 is 1.18 bits per heavy atom. The second-order valence-electron chi connectivity index (χ2n) is 10.3. The fraction of sp³-hybridized carbons (Fsp3) is 0.680. The Balaban J connectivity index is 2.01. The maximum atomic E-state index is 14.1. The standard InChI is InChI=1S/C25H40N4O4S/c1-8-9-10-21-13-15-28(16-14-21)34(31,32)29(6,7)23(24-26-27-25(30)33-24)20(5)22-18(3)12-11-17(2)19(22)4/h11-12,20-21,23H,8-10,13-16H2,1-7H3/p+1. The minimum absolute atomic E-state index is 0.115. The minimum atomic E-state index is -3.78. The van der Waals surface area contributed by atoms with E-state index in [0.717, 1.165) is 47.9 Å². The molecule has 2 atom stereocenters. The van der Waals surface area contributed by atoms with Gasteiger partial charge in [0.25, 0.3) is 5.89 Å². The molecule has 3 rings (SSSR count). The second-order valence-corrected chi connectivity index (χ2v) is 12.7. The van der Waals surface area contributed by atoms with Crippen LogP contribution in [0.15, 0.2) is 21.3 Å². The number of hydrogen-bond acceptors (Lipinski definition) is 5. The van der Waals surface area contributed by atoms with Crippen LogP contribution in [0.5, 0.6) is 0 Å². The molecule has 2 heterocycles. The highest BCUT2D eigenvalue weighted by atomic mass is 32.2. The van der Waals surface area contributed by atoms with E-state index in [1.807, 2.05) is 20.8 Å². The lowest BCUT2D eigenvalue weighted by Gasteiger charge is -2.42. The molecule has 0 amide bonds. The van der Waals surface area contributed by atoms with E-state index in [1.54, 1.807) is 18.4 Å². The molecule has 8 nitrogen and oxygen atoms in total. The van der Waals surface area contributed by atoms with E-state index in [9.17, 15) is 13.2 Å². The first-order valence-electron chi connectivity index (χ1n) is 12.4. The summed E-state index contributed by atoms with van der Waals surface area (Å²) in [5.74, 6) is -0.250. The summed E-state index contributed by atoms with van der Waals surface area (Å²) in [5.41, 5.74) is 4.39. The van der Waals surface area contributed by atoms with E-state index in [1.165, 1.54) is 6.42 Å². The molecule has 1 aromatic heterocycles. The van der Waals surface area contributed by atoms with Gasteiger partial charge in [0.05, 0.1) is 14.1 Å². The number of piperidine rings is 1. The predicted molar refractivity (Wildman–Crippen MR) is 134 cm³/mol. The maximum absolute atomic E-state index is 14.1. The van der Waals surface area contributed by atoms with E-state index >= 15 is 0 Å². The van der Waals surface area contributed by atoms with Crippen LogP contribution < -0.4 is 5.76 Å². The normalized spacial score (nSPS) is 18.2. The van der Waals surface area contributed by atoms with Crippen molar-refractivity contribution in [2.45, 2.75) is 78.7 Å². The van der Waals surface area contributed by atoms with Crippen molar-refractivity contribution >= 4 is 10.2 Å². The summed E-state index contributed by atoms with van der Waals surface area (Å²) in [6.07, 6.45) is 5.27. The van der Waals surface area contributed by atoms with Crippen molar-refractivity contribution in [1.82, 2.24) is 14.5 Å². The Labute approximate surface area is 204 Å². The molecule has 2 unspecified atom stereocenters. The quantitative estimate of drug-likeness (QED) is 0.524. The molecule has 1 aliphatic rings. The SMILES string of the molecule is CCCCC1CCN(S(=O)(=O)[N+](C)(C)C(c2n[nH]c(=O)o2)C(C)c2c(C)ccc(C)c2C)CC1. The van der Waals surface area contributed by atoms with Crippen molar-refractivity contribution in [1.29, 1.82) is 0 Å². The molecule has 1 aromatic carbocycles. The zero-order valence-electron chi connectivity index (χ0n) is 21.7. The number of nitrogens with zero attached hydrogens (tertiary/aromatic N) is 3. The molecular formula is C25H41N4O4S+. The number of rotatable bonds is 9. The molecule has 0 aliphatic carbocycles. The molecule has 190 valence electrons. The largest absolute Gasteiger partial charge is 0.434 e. The van der Waals surface area contributed by atoms with E-state index in [4.69, 9.17) is 4.42 Å². The first-order chi connectivity index (χ1) is 15.9. The third-order valence-electron chi connectivity index (χ3n) is 7.77. The predicted octanol–water partition coefficient (Wildman–Crippen LogP) is 4.36. The number of nitrogens with one attached hydrogen (secondary N) is 1. The Morgan fingerprint density at radius 3 is 2.35 bits per heavy atom. The first-order valence-corrected chi connectivity index (χ1v) is 13.8. The third-order valence-corrected chi connectivity index (χ3v) is 10.2. The van der Waals surface area contributed by atoms with Crippen LogP contribution in [0.2, 0.25) is 0 Å². The monoisotopic (exact) mass is 493 g/mol. The Hall–Kier alpha value is -1.97. The number of benzene rings is 1. The molecule has 0 saturated carbocycles. The number of H-pyrrole nitrogens is 1. The van der Waals surface area contributed by atoms with Crippen molar-refractivity contribution in [3.63, 3.8) is 0 Å². The van der Waals surface area contributed by atoms with Crippen LogP contribution in [-0.2, 0) is 10.2 Å². The lowest BCUT2D eigenvalue weighted by molar-refractivity contribution is -0.805.